The van der Waals surface area contributed by atoms with Crippen LogP contribution in [0.3, 0.4) is 0 Å². The minimum absolute atomic E-state index is 0.0140. The van der Waals surface area contributed by atoms with Gasteiger partial charge in [-0.1, -0.05) is 18.2 Å². The Kier molecular flexibility index (Phi) is 5.48. The van der Waals surface area contributed by atoms with Crippen LogP contribution in [0.2, 0.25) is 0 Å². The number of phenols is 1. The maximum Gasteiger partial charge on any atom is 0.227 e. The average molecular weight is 346 g/mol. The van der Waals surface area contributed by atoms with Crippen LogP contribution in [0.1, 0.15) is 29.1 Å². The van der Waals surface area contributed by atoms with Crippen LogP contribution in [0, 0.1) is 6.92 Å². The summed E-state index contributed by atoms with van der Waals surface area (Å²) in [5.41, 5.74) is 1.62. The Morgan fingerprint density at radius 1 is 1.46 bits per heavy atom. The van der Waals surface area contributed by atoms with Crippen LogP contribution in [0.25, 0.3) is 0 Å². The third kappa shape index (κ3) is 4.33. The summed E-state index contributed by atoms with van der Waals surface area (Å²) in [5, 5.41) is 12.8. The van der Waals surface area contributed by atoms with Crippen molar-refractivity contribution < 1.29 is 14.6 Å². The lowest BCUT2D eigenvalue weighted by molar-refractivity contribution is -0.132. The molecule has 1 amide bonds. The molecule has 1 aromatic carbocycles. The van der Waals surface area contributed by atoms with E-state index < -0.39 is 0 Å². The third-order valence-electron chi connectivity index (χ3n) is 4.13. The van der Waals surface area contributed by atoms with E-state index in [-0.39, 0.29) is 24.2 Å². The SMILES string of the molecule is Cc1csc(CN(CC2CCCO2)C(=O)Cc2ccccc2O)n1. The Labute approximate surface area is 145 Å². The molecule has 24 heavy (non-hydrogen) atoms. The molecule has 2 heterocycles. The molecule has 6 heteroatoms. The van der Waals surface area contributed by atoms with Crippen molar-refractivity contribution in [2.75, 3.05) is 13.2 Å². The van der Waals surface area contributed by atoms with Crippen molar-refractivity contribution in [3.05, 3.63) is 45.9 Å². The van der Waals surface area contributed by atoms with Gasteiger partial charge in [-0.3, -0.25) is 4.79 Å². The number of ether oxygens (including phenoxy) is 1. The van der Waals surface area contributed by atoms with E-state index in [1.54, 1.807) is 34.4 Å². The average Bonchev–Trinajstić information content (AvgIpc) is 3.21. The fourth-order valence-corrected chi connectivity index (χ4v) is 3.65. The molecule has 1 aromatic heterocycles. The molecule has 1 unspecified atom stereocenters. The number of hydrogen-bond acceptors (Lipinski definition) is 5. The third-order valence-corrected chi connectivity index (χ3v) is 5.08. The fraction of sp³-hybridized carbons (Fsp3) is 0.444. The lowest BCUT2D eigenvalue weighted by atomic mass is 10.1. The highest BCUT2D eigenvalue weighted by Crippen LogP contribution is 2.20. The molecule has 128 valence electrons. The number of aryl methyl sites for hydroxylation is 1. The zero-order chi connectivity index (χ0) is 16.9. The summed E-state index contributed by atoms with van der Waals surface area (Å²) in [6, 6.07) is 6.98. The monoisotopic (exact) mass is 346 g/mol. The number of aromatic hydroxyl groups is 1. The van der Waals surface area contributed by atoms with Crippen molar-refractivity contribution in [1.29, 1.82) is 0 Å². The molecule has 0 spiro atoms. The minimum Gasteiger partial charge on any atom is -0.508 e. The lowest BCUT2D eigenvalue weighted by Gasteiger charge is -2.25. The summed E-state index contributed by atoms with van der Waals surface area (Å²) in [6.07, 6.45) is 2.31. The lowest BCUT2D eigenvalue weighted by Crippen LogP contribution is -2.37. The summed E-state index contributed by atoms with van der Waals surface area (Å²) < 4.78 is 5.69. The molecule has 1 aliphatic rings. The molecule has 0 aliphatic carbocycles. The van der Waals surface area contributed by atoms with Crippen molar-refractivity contribution in [3.63, 3.8) is 0 Å². The first-order valence-electron chi connectivity index (χ1n) is 8.19. The number of para-hydroxylation sites is 1. The van der Waals surface area contributed by atoms with Crippen molar-refractivity contribution in [1.82, 2.24) is 9.88 Å². The Balaban J connectivity index is 1.72. The van der Waals surface area contributed by atoms with Gasteiger partial charge >= 0.3 is 0 Å². The van der Waals surface area contributed by atoms with E-state index in [1.165, 1.54) is 0 Å². The molecule has 1 N–H and O–H groups in total. The van der Waals surface area contributed by atoms with E-state index in [2.05, 4.69) is 4.98 Å². The number of aromatic nitrogens is 1. The van der Waals surface area contributed by atoms with Gasteiger partial charge in [-0.2, -0.15) is 0 Å². The number of amides is 1. The van der Waals surface area contributed by atoms with Gasteiger partial charge in [0, 0.05) is 29.8 Å². The number of benzene rings is 1. The number of thiazole rings is 1. The van der Waals surface area contributed by atoms with Crippen molar-refractivity contribution >= 4 is 17.2 Å². The first-order chi connectivity index (χ1) is 11.6. The van der Waals surface area contributed by atoms with Crippen LogP contribution in [-0.4, -0.2) is 40.2 Å². The van der Waals surface area contributed by atoms with E-state index in [4.69, 9.17) is 4.74 Å². The molecule has 1 aliphatic heterocycles. The topological polar surface area (TPSA) is 62.7 Å². The standard InChI is InChI=1S/C18H22N2O3S/c1-13-12-24-17(19-13)11-20(10-15-6-4-8-23-15)18(22)9-14-5-2-3-7-16(14)21/h2-3,5,7,12,15,21H,4,6,8-11H2,1H3. The van der Waals surface area contributed by atoms with Crippen molar-refractivity contribution in [2.45, 2.75) is 38.8 Å². The summed E-state index contributed by atoms with van der Waals surface area (Å²) in [7, 11) is 0. The van der Waals surface area contributed by atoms with Crippen LogP contribution in [-0.2, 0) is 22.5 Å². The highest BCUT2D eigenvalue weighted by Gasteiger charge is 2.24. The van der Waals surface area contributed by atoms with Crippen LogP contribution < -0.4 is 0 Å². The second-order valence-corrected chi connectivity index (χ2v) is 7.04. The van der Waals surface area contributed by atoms with E-state index in [0.29, 0.717) is 18.7 Å². The van der Waals surface area contributed by atoms with Gasteiger partial charge in [0.1, 0.15) is 10.8 Å². The van der Waals surface area contributed by atoms with Gasteiger partial charge in [-0.15, -0.1) is 11.3 Å². The summed E-state index contributed by atoms with van der Waals surface area (Å²) in [5.74, 6) is 0.146. The Morgan fingerprint density at radius 3 is 2.96 bits per heavy atom. The number of carbonyl (C=O) groups is 1. The maximum absolute atomic E-state index is 12.8. The van der Waals surface area contributed by atoms with Crippen molar-refractivity contribution in [3.8, 4) is 5.75 Å². The van der Waals surface area contributed by atoms with Gasteiger partial charge < -0.3 is 14.7 Å². The first kappa shape index (κ1) is 16.9. The Bertz CT molecular complexity index is 695. The smallest absolute Gasteiger partial charge is 0.227 e. The van der Waals surface area contributed by atoms with Crippen molar-refractivity contribution in [2.24, 2.45) is 0 Å². The molecule has 3 rings (SSSR count). The Morgan fingerprint density at radius 2 is 2.29 bits per heavy atom. The van der Waals surface area contributed by atoms with E-state index in [9.17, 15) is 9.90 Å². The summed E-state index contributed by atoms with van der Waals surface area (Å²) >= 11 is 1.57. The van der Waals surface area contributed by atoms with Gasteiger partial charge in [0.05, 0.1) is 19.1 Å². The van der Waals surface area contributed by atoms with Crippen LogP contribution in [0.5, 0.6) is 5.75 Å². The summed E-state index contributed by atoms with van der Waals surface area (Å²) in [4.78, 5) is 19.1. The molecule has 1 fully saturated rings. The summed E-state index contributed by atoms with van der Waals surface area (Å²) in [6.45, 7) is 3.78. The highest BCUT2D eigenvalue weighted by atomic mass is 32.1. The number of hydrogen-bond donors (Lipinski definition) is 1. The van der Waals surface area contributed by atoms with E-state index in [0.717, 1.165) is 30.2 Å². The largest absolute Gasteiger partial charge is 0.508 e. The molecular weight excluding hydrogens is 324 g/mol. The zero-order valence-corrected chi connectivity index (χ0v) is 14.6. The maximum atomic E-state index is 12.8. The van der Waals surface area contributed by atoms with Crippen LogP contribution in [0.15, 0.2) is 29.6 Å². The van der Waals surface area contributed by atoms with Gasteiger partial charge in [-0.25, -0.2) is 4.98 Å². The van der Waals surface area contributed by atoms with Gasteiger partial charge in [0.25, 0.3) is 0 Å². The predicted octanol–water partition coefficient (Wildman–Crippen LogP) is 2.91. The van der Waals surface area contributed by atoms with E-state index >= 15 is 0 Å². The number of rotatable bonds is 6. The highest BCUT2D eigenvalue weighted by molar-refractivity contribution is 7.09. The molecule has 1 atom stereocenters. The Hall–Kier alpha value is -1.92. The molecule has 5 nitrogen and oxygen atoms in total. The van der Waals surface area contributed by atoms with Gasteiger partial charge in [0.15, 0.2) is 0 Å². The molecule has 0 bridgehead atoms. The molecule has 1 saturated heterocycles. The zero-order valence-electron chi connectivity index (χ0n) is 13.8. The number of nitrogens with zero attached hydrogens (tertiary/aromatic N) is 2. The molecular formula is C18H22N2O3S. The van der Waals surface area contributed by atoms with E-state index in [1.807, 2.05) is 18.4 Å². The number of carbonyl (C=O) groups excluding carboxylic acids is 1. The molecule has 0 saturated carbocycles. The van der Waals surface area contributed by atoms with Crippen LogP contribution in [0.4, 0.5) is 0 Å². The normalized spacial score (nSPS) is 17.1. The predicted molar refractivity (Wildman–Crippen MR) is 93.1 cm³/mol. The van der Waals surface area contributed by atoms with Gasteiger partial charge in [0.2, 0.25) is 5.91 Å². The quantitative estimate of drug-likeness (QED) is 0.873. The van der Waals surface area contributed by atoms with Crippen LogP contribution >= 0.6 is 11.3 Å². The van der Waals surface area contributed by atoms with Gasteiger partial charge in [-0.05, 0) is 25.8 Å². The molecule has 2 aromatic rings. The minimum atomic E-state index is -0.0140. The molecule has 0 radical (unpaired) electrons. The fourth-order valence-electron chi connectivity index (χ4n) is 2.86. The number of phenolic OH excluding ortho intramolecular Hbond substituents is 1. The second kappa shape index (κ2) is 7.77. The first-order valence-corrected chi connectivity index (χ1v) is 9.07. The second-order valence-electron chi connectivity index (χ2n) is 6.10.